The number of nitrogens with zero attached hydrogens (tertiary/aromatic N) is 1. The van der Waals surface area contributed by atoms with E-state index in [9.17, 15) is 18.0 Å². The van der Waals surface area contributed by atoms with E-state index < -0.39 is 21.8 Å². The van der Waals surface area contributed by atoms with Crippen LogP contribution in [-0.4, -0.2) is 31.8 Å². The second kappa shape index (κ2) is 9.19. The van der Waals surface area contributed by atoms with E-state index in [4.69, 9.17) is 0 Å². The molecule has 0 aliphatic rings. The fraction of sp³-hybridized carbons (Fsp3) is 0.0952. The lowest BCUT2D eigenvalue weighted by Gasteiger charge is -2.10. The molecule has 2 amide bonds. The van der Waals surface area contributed by atoms with E-state index in [-0.39, 0.29) is 17.0 Å². The third-order valence-corrected chi connectivity index (χ3v) is 5.48. The van der Waals surface area contributed by atoms with Gasteiger partial charge in [-0.3, -0.25) is 19.3 Å². The second-order valence-corrected chi connectivity index (χ2v) is 8.15. The Kier molecular flexibility index (Phi) is 6.43. The lowest BCUT2D eigenvalue weighted by Crippen LogP contribution is -2.32. The third kappa shape index (κ3) is 5.65. The maximum atomic E-state index is 12.5. The summed E-state index contributed by atoms with van der Waals surface area (Å²) < 4.78 is 27.5. The Morgan fingerprint density at radius 3 is 2.27 bits per heavy atom. The molecule has 0 saturated heterocycles. The van der Waals surface area contributed by atoms with Gasteiger partial charge in [0.25, 0.3) is 15.9 Å². The summed E-state index contributed by atoms with van der Waals surface area (Å²) in [5, 5.41) is 5.09. The summed E-state index contributed by atoms with van der Waals surface area (Å²) in [6.45, 7) is 1.67. The van der Waals surface area contributed by atoms with Crippen molar-refractivity contribution in [2.24, 2.45) is 0 Å². The first-order valence-electron chi connectivity index (χ1n) is 9.01. The van der Waals surface area contributed by atoms with E-state index >= 15 is 0 Å². The number of hydrogen-bond donors (Lipinski definition) is 3. The molecule has 154 valence electrons. The van der Waals surface area contributed by atoms with Crippen LogP contribution < -0.4 is 15.4 Å². The van der Waals surface area contributed by atoms with Crippen molar-refractivity contribution in [3.05, 3.63) is 84.2 Å². The molecular formula is C21H20N4O4S. The first-order valence-corrected chi connectivity index (χ1v) is 10.5. The van der Waals surface area contributed by atoms with E-state index in [1.165, 1.54) is 30.5 Å². The number of nitrogens with one attached hydrogen (secondary N) is 3. The zero-order valence-electron chi connectivity index (χ0n) is 16.1. The fourth-order valence-corrected chi connectivity index (χ4v) is 3.58. The third-order valence-electron chi connectivity index (χ3n) is 4.09. The van der Waals surface area contributed by atoms with E-state index in [0.29, 0.717) is 11.4 Å². The number of anilines is 2. The summed E-state index contributed by atoms with van der Waals surface area (Å²) in [6.07, 6.45) is 3.07. The van der Waals surface area contributed by atoms with Crippen molar-refractivity contribution < 1.29 is 18.0 Å². The summed E-state index contributed by atoms with van der Waals surface area (Å²) in [6, 6.07) is 15.7. The van der Waals surface area contributed by atoms with Crippen LogP contribution in [0.1, 0.15) is 15.9 Å². The summed E-state index contributed by atoms with van der Waals surface area (Å²) in [7, 11) is -3.78. The number of carbonyl (C=O) groups excluding carboxylic acids is 2. The maximum absolute atomic E-state index is 12.5. The quantitative estimate of drug-likeness (QED) is 0.539. The Hall–Kier alpha value is -3.72. The van der Waals surface area contributed by atoms with Gasteiger partial charge < -0.3 is 10.6 Å². The van der Waals surface area contributed by atoms with Crippen LogP contribution in [0.25, 0.3) is 0 Å². The van der Waals surface area contributed by atoms with Crippen LogP contribution >= 0.6 is 0 Å². The number of amides is 2. The van der Waals surface area contributed by atoms with Gasteiger partial charge >= 0.3 is 0 Å². The molecule has 8 nitrogen and oxygen atoms in total. The Balaban J connectivity index is 1.58. The first-order chi connectivity index (χ1) is 14.3. The Morgan fingerprint density at radius 2 is 1.63 bits per heavy atom. The number of aryl methyl sites for hydroxylation is 1. The number of aromatic nitrogens is 1. The van der Waals surface area contributed by atoms with Crippen molar-refractivity contribution in [1.29, 1.82) is 0 Å². The van der Waals surface area contributed by atoms with Gasteiger partial charge in [-0.25, -0.2) is 8.42 Å². The van der Waals surface area contributed by atoms with Gasteiger partial charge in [-0.2, -0.15) is 0 Å². The summed E-state index contributed by atoms with van der Waals surface area (Å²) in [5.74, 6) is -0.898. The average molecular weight is 424 g/mol. The van der Waals surface area contributed by atoms with E-state index in [1.54, 1.807) is 42.6 Å². The maximum Gasteiger partial charge on any atom is 0.261 e. The number of benzene rings is 2. The molecule has 0 fully saturated rings. The second-order valence-electron chi connectivity index (χ2n) is 6.47. The summed E-state index contributed by atoms with van der Waals surface area (Å²) in [5.41, 5.74) is 2.22. The molecular weight excluding hydrogens is 404 g/mol. The standard InChI is InChI=1S/C21H20N4O4S/c1-15-4-8-17(9-5-15)25-30(28,29)19-10-6-16(7-11-19)21(27)23-14-20(26)24-18-3-2-12-22-13-18/h2-13,25H,14H2,1H3,(H,23,27)(H,24,26). The highest BCUT2D eigenvalue weighted by molar-refractivity contribution is 7.92. The lowest BCUT2D eigenvalue weighted by atomic mass is 10.2. The van der Waals surface area contributed by atoms with Gasteiger partial charge in [0.15, 0.2) is 0 Å². The van der Waals surface area contributed by atoms with Gasteiger partial charge in [0.2, 0.25) is 5.91 Å². The first kappa shape index (κ1) is 21.0. The van der Waals surface area contributed by atoms with Crippen LogP contribution in [0, 0.1) is 6.92 Å². The van der Waals surface area contributed by atoms with Crippen LogP contribution in [-0.2, 0) is 14.8 Å². The van der Waals surface area contributed by atoms with E-state index in [1.807, 2.05) is 6.92 Å². The molecule has 30 heavy (non-hydrogen) atoms. The van der Waals surface area contributed by atoms with Crippen molar-refractivity contribution in [1.82, 2.24) is 10.3 Å². The van der Waals surface area contributed by atoms with E-state index in [2.05, 4.69) is 20.3 Å². The summed E-state index contributed by atoms with van der Waals surface area (Å²) >= 11 is 0. The van der Waals surface area contributed by atoms with Crippen LogP contribution in [0.4, 0.5) is 11.4 Å². The van der Waals surface area contributed by atoms with Gasteiger partial charge in [-0.05, 0) is 55.5 Å². The molecule has 0 radical (unpaired) electrons. The van der Waals surface area contributed by atoms with Crippen molar-refractivity contribution in [3.8, 4) is 0 Å². The number of rotatable bonds is 7. The molecule has 3 rings (SSSR count). The minimum atomic E-state index is -3.78. The van der Waals surface area contributed by atoms with Crippen LogP contribution in [0.2, 0.25) is 0 Å². The zero-order chi connectivity index (χ0) is 21.6. The van der Waals surface area contributed by atoms with Crippen molar-refractivity contribution >= 4 is 33.2 Å². The highest BCUT2D eigenvalue weighted by Crippen LogP contribution is 2.17. The highest BCUT2D eigenvalue weighted by Gasteiger charge is 2.15. The smallest absolute Gasteiger partial charge is 0.261 e. The Morgan fingerprint density at radius 1 is 0.933 bits per heavy atom. The molecule has 9 heteroatoms. The van der Waals surface area contributed by atoms with Crippen LogP contribution in [0.15, 0.2) is 78.0 Å². The van der Waals surface area contributed by atoms with Gasteiger partial charge in [0.1, 0.15) is 0 Å². The molecule has 0 spiro atoms. The predicted octanol–water partition coefficient (Wildman–Crippen LogP) is 2.56. The monoisotopic (exact) mass is 424 g/mol. The molecule has 3 N–H and O–H groups in total. The van der Waals surface area contributed by atoms with Crippen molar-refractivity contribution in [2.45, 2.75) is 11.8 Å². The summed E-state index contributed by atoms with van der Waals surface area (Å²) in [4.78, 5) is 28.0. The average Bonchev–Trinajstić information content (AvgIpc) is 2.74. The van der Waals surface area contributed by atoms with Crippen LogP contribution in [0.3, 0.4) is 0 Å². The van der Waals surface area contributed by atoms with Gasteiger partial charge in [0, 0.05) is 17.4 Å². The SMILES string of the molecule is Cc1ccc(NS(=O)(=O)c2ccc(C(=O)NCC(=O)Nc3cccnc3)cc2)cc1. The minimum Gasteiger partial charge on any atom is -0.343 e. The van der Waals surface area contributed by atoms with Crippen molar-refractivity contribution in [3.63, 3.8) is 0 Å². The Labute approximate surface area is 174 Å². The molecule has 0 aliphatic carbocycles. The molecule has 0 saturated carbocycles. The number of hydrogen-bond acceptors (Lipinski definition) is 5. The van der Waals surface area contributed by atoms with Gasteiger partial charge in [-0.15, -0.1) is 0 Å². The predicted molar refractivity (Wildman–Crippen MR) is 114 cm³/mol. The minimum absolute atomic E-state index is 0.0222. The number of pyridine rings is 1. The lowest BCUT2D eigenvalue weighted by molar-refractivity contribution is -0.115. The van der Waals surface area contributed by atoms with Gasteiger partial charge in [0.05, 0.1) is 23.3 Å². The molecule has 2 aromatic carbocycles. The topological polar surface area (TPSA) is 117 Å². The molecule has 0 atom stereocenters. The number of sulfonamides is 1. The van der Waals surface area contributed by atoms with E-state index in [0.717, 1.165) is 5.56 Å². The number of carbonyl (C=O) groups is 2. The van der Waals surface area contributed by atoms with Crippen LogP contribution in [0.5, 0.6) is 0 Å². The molecule has 0 bridgehead atoms. The normalized spacial score (nSPS) is 10.8. The molecule has 0 aliphatic heterocycles. The Bertz CT molecular complexity index is 1130. The zero-order valence-corrected chi connectivity index (χ0v) is 16.9. The largest absolute Gasteiger partial charge is 0.343 e. The molecule has 1 aromatic heterocycles. The molecule has 1 heterocycles. The molecule has 0 unspecified atom stereocenters. The van der Waals surface area contributed by atoms with Gasteiger partial charge in [-0.1, -0.05) is 17.7 Å². The fourth-order valence-electron chi connectivity index (χ4n) is 2.53. The highest BCUT2D eigenvalue weighted by atomic mass is 32.2. The van der Waals surface area contributed by atoms with Crippen molar-refractivity contribution in [2.75, 3.05) is 16.6 Å². The molecule has 3 aromatic rings.